The molecule has 2 bridgehead atoms. The molecule has 5 heteroatoms. The van der Waals surface area contributed by atoms with Gasteiger partial charge in [0.15, 0.2) is 10.8 Å². The first-order chi connectivity index (χ1) is 9.46. The molecule has 0 N–H and O–H groups in total. The van der Waals surface area contributed by atoms with Crippen LogP contribution in [0.3, 0.4) is 0 Å². The minimum atomic E-state index is -1.79. The van der Waals surface area contributed by atoms with Gasteiger partial charge in [-0.3, -0.25) is 4.79 Å². The fourth-order valence-electron chi connectivity index (χ4n) is 3.48. The molecule has 0 amide bonds. The molecule has 5 nitrogen and oxygen atoms in total. The van der Waals surface area contributed by atoms with Gasteiger partial charge in [0.1, 0.15) is 0 Å². The van der Waals surface area contributed by atoms with Gasteiger partial charge in [0.25, 0.3) is 0 Å². The number of nitriles is 3. The number of carbonyl (C=O) groups is 1. The van der Waals surface area contributed by atoms with E-state index in [4.69, 9.17) is 4.74 Å². The zero-order chi connectivity index (χ0) is 15.1. The van der Waals surface area contributed by atoms with Gasteiger partial charge < -0.3 is 4.74 Å². The molecule has 100 valence electrons. The van der Waals surface area contributed by atoms with E-state index < -0.39 is 28.6 Å². The summed E-state index contributed by atoms with van der Waals surface area (Å²) in [5, 5.41) is 28.8. The largest absolute Gasteiger partial charge is 0.468 e. The van der Waals surface area contributed by atoms with Gasteiger partial charge in [0, 0.05) is 11.8 Å². The third kappa shape index (κ3) is 1.17. The van der Waals surface area contributed by atoms with Crippen LogP contribution in [0.5, 0.6) is 0 Å². The Kier molecular flexibility index (Phi) is 2.92. The summed E-state index contributed by atoms with van der Waals surface area (Å²) in [7, 11) is 1.17. The first kappa shape index (κ1) is 13.8. The lowest BCUT2D eigenvalue weighted by Crippen LogP contribution is -2.49. The van der Waals surface area contributed by atoms with Gasteiger partial charge in [-0.25, -0.2) is 0 Å². The van der Waals surface area contributed by atoms with Crippen LogP contribution < -0.4 is 0 Å². The van der Waals surface area contributed by atoms with Crippen molar-refractivity contribution in [1.82, 2.24) is 0 Å². The van der Waals surface area contributed by atoms with Crippen LogP contribution in [0.25, 0.3) is 0 Å². The van der Waals surface area contributed by atoms with Gasteiger partial charge in [-0.05, 0) is 13.8 Å². The molecular formula is C15H13N3O2. The summed E-state index contributed by atoms with van der Waals surface area (Å²) in [5.74, 6) is -1.93. The number of hydrogen-bond donors (Lipinski definition) is 0. The van der Waals surface area contributed by atoms with Crippen molar-refractivity contribution in [3.8, 4) is 18.2 Å². The van der Waals surface area contributed by atoms with E-state index in [0.29, 0.717) is 0 Å². The van der Waals surface area contributed by atoms with Crippen LogP contribution in [-0.2, 0) is 9.53 Å². The fourth-order valence-corrected chi connectivity index (χ4v) is 3.48. The minimum absolute atomic E-state index is 0.536. The first-order valence-corrected chi connectivity index (χ1v) is 6.14. The number of carbonyl (C=O) groups excluding carboxylic acids is 1. The zero-order valence-corrected chi connectivity index (χ0v) is 11.5. The predicted octanol–water partition coefficient (Wildman–Crippen LogP) is 1.86. The number of esters is 1. The van der Waals surface area contributed by atoms with E-state index in [1.165, 1.54) is 7.11 Å². The summed E-state index contributed by atoms with van der Waals surface area (Å²) >= 11 is 0. The van der Waals surface area contributed by atoms with Crippen LogP contribution in [-0.4, -0.2) is 13.1 Å². The van der Waals surface area contributed by atoms with E-state index in [-0.39, 0.29) is 0 Å². The lowest BCUT2D eigenvalue weighted by Gasteiger charge is -2.34. The van der Waals surface area contributed by atoms with Gasteiger partial charge in [-0.15, -0.1) is 0 Å². The SMILES string of the molecule is COC(=O)C1(C#N)[C@H]2C=C[C@H](C2=C(C)C)C1(C#N)C#N. The van der Waals surface area contributed by atoms with Crippen molar-refractivity contribution in [2.75, 3.05) is 7.11 Å². The number of allylic oxidation sites excluding steroid dienone is 4. The number of ether oxygens (including phenoxy) is 1. The van der Waals surface area contributed by atoms with E-state index in [9.17, 15) is 20.6 Å². The second-order valence-corrected chi connectivity index (χ2v) is 5.24. The van der Waals surface area contributed by atoms with Crippen LogP contribution in [0.1, 0.15) is 13.8 Å². The monoisotopic (exact) mass is 267 g/mol. The lowest BCUT2D eigenvalue weighted by atomic mass is 9.60. The van der Waals surface area contributed by atoms with E-state index >= 15 is 0 Å². The maximum absolute atomic E-state index is 12.3. The topological polar surface area (TPSA) is 97.7 Å². The number of nitrogens with zero attached hydrogens (tertiary/aromatic N) is 3. The van der Waals surface area contributed by atoms with Gasteiger partial charge in [-0.2, -0.15) is 15.8 Å². The Labute approximate surface area is 117 Å². The van der Waals surface area contributed by atoms with Gasteiger partial charge >= 0.3 is 5.97 Å². The molecule has 3 atom stereocenters. The van der Waals surface area contributed by atoms with Crippen molar-refractivity contribution < 1.29 is 9.53 Å². The molecule has 0 heterocycles. The molecule has 2 aliphatic rings. The van der Waals surface area contributed by atoms with Gasteiger partial charge in [0.05, 0.1) is 25.3 Å². The smallest absolute Gasteiger partial charge is 0.330 e. The molecule has 1 fully saturated rings. The molecule has 0 aromatic heterocycles. The normalized spacial score (nSPS) is 32.1. The molecular weight excluding hydrogens is 254 g/mol. The number of hydrogen-bond acceptors (Lipinski definition) is 5. The van der Waals surface area contributed by atoms with Crippen LogP contribution in [0, 0.1) is 56.7 Å². The summed E-state index contributed by atoms with van der Waals surface area (Å²) in [6.45, 7) is 3.71. The van der Waals surface area contributed by atoms with Gasteiger partial charge in [-0.1, -0.05) is 23.3 Å². The minimum Gasteiger partial charge on any atom is -0.468 e. The first-order valence-electron chi connectivity index (χ1n) is 6.14. The molecule has 0 aromatic rings. The molecule has 2 aliphatic carbocycles. The van der Waals surface area contributed by atoms with E-state index in [0.717, 1.165) is 11.1 Å². The summed E-state index contributed by atoms with van der Waals surface area (Å²) < 4.78 is 4.75. The van der Waals surface area contributed by atoms with Crippen molar-refractivity contribution in [1.29, 1.82) is 15.8 Å². The van der Waals surface area contributed by atoms with Gasteiger partial charge in [0.2, 0.25) is 0 Å². The highest BCUT2D eigenvalue weighted by molar-refractivity contribution is 5.87. The van der Waals surface area contributed by atoms with E-state index in [1.807, 2.05) is 32.1 Å². The van der Waals surface area contributed by atoms with Crippen molar-refractivity contribution in [3.05, 3.63) is 23.3 Å². The fraction of sp³-hybridized carbons (Fsp3) is 0.467. The molecule has 2 rings (SSSR count). The lowest BCUT2D eigenvalue weighted by molar-refractivity contribution is -0.153. The van der Waals surface area contributed by atoms with E-state index in [2.05, 4.69) is 0 Å². The van der Waals surface area contributed by atoms with Crippen molar-refractivity contribution >= 4 is 5.97 Å². The average Bonchev–Trinajstić information content (AvgIpc) is 2.99. The average molecular weight is 267 g/mol. The number of rotatable bonds is 1. The molecule has 0 spiro atoms. The highest BCUT2D eigenvalue weighted by Gasteiger charge is 2.75. The highest BCUT2D eigenvalue weighted by atomic mass is 16.5. The Morgan fingerprint density at radius 2 is 1.70 bits per heavy atom. The summed E-state index contributed by atoms with van der Waals surface area (Å²) in [5.41, 5.74) is -1.81. The standard InChI is InChI=1S/C15H13N3O2/c1-9(2)12-10-4-5-11(12)15(8-18,13(19)20-3)14(10,6-16)7-17/h4-5,10-11H,1-3H3/t10-,11+,15?/m1/s1. The second-order valence-electron chi connectivity index (χ2n) is 5.24. The Morgan fingerprint density at radius 3 is 2.10 bits per heavy atom. The van der Waals surface area contributed by atoms with Crippen molar-refractivity contribution in [2.45, 2.75) is 13.8 Å². The maximum atomic E-state index is 12.3. The summed E-state index contributed by atoms with van der Waals surface area (Å²) in [4.78, 5) is 12.3. The third-order valence-electron chi connectivity index (χ3n) is 4.33. The van der Waals surface area contributed by atoms with Crippen LogP contribution in [0.4, 0.5) is 0 Å². The summed E-state index contributed by atoms with van der Waals surface area (Å²) in [6, 6.07) is 5.79. The second kappa shape index (κ2) is 4.22. The molecule has 0 radical (unpaired) electrons. The summed E-state index contributed by atoms with van der Waals surface area (Å²) in [6.07, 6.45) is 3.48. The molecule has 0 aliphatic heterocycles. The predicted molar refractivity (Wildman–Crippen MR) is 68.2 cm³/mol. The van der Waals surface area contributed by atoms with Crippen molar-refractivity contribution in [3.63, 3.8) is 0 Å². The van der Waals surface area contributed by atoms with Crippen molar-refractivity contribution in [2.24, 2.45) is 22.7 Å². The molecule has 20 heavy (non-hydrogen) atoms. The number of fused-ring (bicyclic) bond motifs is 2. The Morgan fingerprint density at radius 1 is 1.15 bits per heavy atom. The Bertz CT molecular complexity index is 651. The van der Waals surface area contributed by atoms with Crippen LogP contribution in [0.2, 0.25) is 0 Å². The zero-order valence-electron chi connectivity index (χ0n) is 11.5. The molecule has 1 unspecified atom stereocenters. The molecule has 1 saturated carbocycles. The van der Waals surface area contributed by atoms with Crippen LogP contribution in [0.15, 0.2) is 23.3 Å². The van der Waals surface area contributed by atoms with Crippen LogP contribution >= 0.6 is 0 Å². The Hall–Kier alpha value is -2.58. The molecule has 0 saturated heterocycles. The quantitative estimate of drug-likeness (QED) is 0.533. The maximum Gasteiger partial charge on any atom is 0.330 e. The highest BCUT2D eigenvalue weighted by Crippen LogP contribution is 2.66. The Balaban J connectivity index is 2.88. The third-order valence-corrected chi connectivity index (χ3v) is 4.33. The molecule has 0 aromatic carbocycles. The number of methoxy groups -OCH3 is 1. The van der Waals surface area contributed by atoms with E-state index in [1.54, 1.807) is 12.2 Å².